The summed E-state index contributed by atoms with van der Waals surface area (Å²) in [5.74, 6) is 1.29. The molecule has 2 heterocycles. The van der Waals surface area contributed by atoms with Crippen LogP contribution < -0.4 is 4.74 Å². The molecule has 2 aromatic carbocycles. The van der Waals surface area contributed by atoms with E-state index in [2.05, 4.69) is 0 Å². The number of amides is 1. The van der Waals surface area contributed by atoms with Crippen molar-refractivity contribution in [1.82, 2.24) is 14.7 Å². The molecular weight excluding hydrogens is 414 g/mol. The number of aryl methyl sites for hydroxylation is 1. The number of rotatable bonds is 7. The maximum absolute atomic E-state index is 12.4. The Morgan fingerprint density at radius 1 is 1.23 bits per heavy atom. The van der Waals surface area contributed by atoms with E-state index in [1.807, 2.05) is 66.4 Å². The van der Waals surface area contributed by atoms with Crippen LogP contribution in [0.3, 0.4) is 0 Å². The Morgan fingerprint density at radius 3 is 2.61 bits per heavy atom. The average Bonchev–Trinajstić information content (AvgIpc) is 3.38. The third kappa shape index (κ3) is 5.09. The molecule has 0 saturated carbocycles. The van der Waals surface area contributed by atoms with Crippen LogP contribution in [0.4, 0.5) is 0 Å². The summed E-state index contributed by atoms with van der Waals surface area (Å²) in [6.45, 7) is 5.24. The lowest BCUT2D eigenvalue weighted by Gasteiger charge is -2.24. The molecule has 0 N–H and O–H groups in total. The summed E-state index contributed by atoms with van der Waals surface area (Å²) in [5, 5.41) is 5.38. The van der Waals surface area contributed by atoms with E-state index >= 15 is 0 Å². The van der Waals surface area contributed by atoms with Gasteiger partial charge in [-0.25, -0.2) is 4.68 Å². The SMILES string of the molecule is CC(=O)N(Cc1c(C)nn(-c2ccc(Cl)cc2)c1Oc1ccccc1)C[C@H]1CCCO1. The second-order valence-electron chi connectivity index (χ2n) is 7.71. The van der Waals surface area contributed by atoms with E-state index in [0.717, 1.165) is 36.4 Å². The highest BCUT2D eigenvalue weighted by Gasteiger charge is 2.25. The highest BCUT2D eigenvalue weighted by Crippen LogP contribution is 2.32. The Balaban J connectivity index is 1.71. The minimum atomic E-state index is -0.000181. The van der Waals surface area contributed by atoms with Crippen LogP contribution in [0.15, 0.2) is 54.6 Å². The Labute approximate surface area is 187 Å². The molecule has 0 bridgehead atoms. The van der Waals surface area contributed by atoms with Gasteiger partial charge in [0.2, 0.25) is 11.8 Å². The van der Waals surface area contributed by atoms with Crippen LogP contribution >= 0.6 is 11.6 Å². The van der Waals surface area contributed by atoms with E-state index in [1.54, 1.807) is 11.6 Å². The van der Waals surface area contributed by atoms with E-state index in [1.165, 1.54) is 0 Å². The minimum absolute atomic E-state index is 0.000181. The second-order valence-corrected chi connectivity index (χ2v) is 8.14. The lowest BCUT2D eigenvalue weighted by Crippen LogP contribution is -2.35. The molecule has 0 radical (unpaired) electrons. The number of carbonyl (C=O) groups excluding carboxylic acids is 1. The van der Waals surface area contributed by atoms with Gasteiger partial charge in [-0.1, -0.05) is 29.8 Å². The van der Waals surface area contributed by atoms with Crippen molar-refractivity contribution in [1.29, 1.82) is 0 Å². The summed E-state index contributed by atoms with van der Waals surface area (Å²) < 4.78 is 13.8. The molecule has 0 aliphatic carbocycles. The molecule has 162 valence electrons. The fraction of sp³-hybridized carbons (Fsp3) is 0.333. The first-order chi connectivity index (χ1) is 15.0. The molecule has 1 aliphatic rings. The molecule has 1 aromatic heterocycles. The summed E-state index contributed by atoms with van der Waals surface area (Å²) in [6.07, 6.45) is 2.08. The molecule has 1 atom stereocenters. The largest absolute Gasteiger partial charge is 0.439 e. The molecule has 3 aromatic rings. The maximum atomic E-state index is 12.4. The molecule has 4 rings (SSSR count). The highest BCUT2D eigenvalue weighted by atomic mass is 35.5. The monoisotopic (exact) mass is 439 g/mol. The van der Waals surface area contributed by atoms with Crippen LogP contribution in [-0.2, 0) is 16.1 Å². The van der Waals surface area contributed by atoms with Crippen LogP contribution in [0, 0.1) is 6.92 Å². The summed E-state index contributed by atoms with van der Waals surface area (Å²) in [4.78, 5) is 14.2. The van der Waals surface area contributed by atoms with E-state index in [0.29, 0.717) is 29.7 Å². The van der Waals surface area contributed by atoms with E-state index in [9.17, 15) is 4.79 Å². The van der Waals surface area contributed by atoms with Crippen LogP contribution in [0.25, 0.3) is 5.69 Å². The van der Waals surface area contributed by atoms with Crippen molar-refractivity contribution in [2.45, 2.75) is 39.3 Å². The number of para-hydroxylation sites is 1. The Bertz CT molecular complexity index is 1030. The summed E-state index contributed by atoms with van der Waals surface area (Å²) in [5.41, 5.74) is 2.50. The smallest absolute Gasteiger partial charge is 0.227 e. The number of hydrogen-bond donors (Lipinski definition) is 0. The fourth-order valence-electron chi connectivity index (χ4n) is 3.71. The van der Waals surface area contributed by atoms with Gasteiger partial charge >= 0.3 is 0 Å². The first-order valence-corrected chi connectivity index (χ1v) is 10.8. The lowest BCUT2D eigenvalue weighted by molar-refractivity contribution is -0.131. The number of hydrogen-bond acceptors (Lipinski definition) is 4. The zero-order chi connectivity index (χ0) is 21.8. The highest BCUT2D eigenvalue weighted by molar-refractivity contribution is 6.30. The number of nitrogens with zero attached hydrogens (tertiary/aromatic N) is 3. The summed E-state index contributed by atoms with van der Waals surface area (Å²) >= 11 is 6.07. The van der Waals surface area contributed by atoms with Crippen molar-refractivity contribution >= 4 is 17.5 Å². The summed E-state index contributed by atoms with van der Waals surface area (Å²) in [7, 11) is 0. The van der Waals surface area contributed by atoms with Gasteiger partial charge in [-0.2, -0.15) is 5.10 Å². The fourth-order valence-corrected chi connectivity index (χ4v) is 3.84. The van der Waals surface area contributed by atoms with Gasteiger partial charge in [0.1, 0.15) is 5.75 Å². The quantitative estimate of drug-likeness (QED) is 0.510. The number of halogens is 1. The zero-order valence-electron chi connectivity index (χ0n) is 17.8. The van der Waals surface area contributed by atoms with E-state index in [4.69, 9.17) is 26.2 Å². The molecule has 0 unspecified atom stereocenters. The van der Waals surface area contributed by atoms with Gasteiger partial charge in [0.15, 0.2) is 0 Å². The molecule has 0 spiro atoms. The molecule has 1 saturated heterocycles. The topological polar surface area (TPSA) is 56.6 Å². The van der Waals surface area contributed by atoms with Crippen molar-refractivity contribution in [3.8, 4) is 17.3 Å². The van der Waals surface area contributed by atoms with Gasteiger partial charge in [0.25, 0.3) is 0 Å². The number of ether oxygens (including phenoxy) is 2. The van der Waals surface area contributed by atoms with Crippen LogP contribution in [0.1, 0.15) is 31.0 Å². The van der Waals surface area contributed by atoms with Gasteiger partial charge in [-0.05, 0) is 56.2 Å². The second kappa shape index (κ2) is 9.54. The van der Waals surface area contributed by atoms with Gasteiger partial charge in [-0.3, -0.25) is 4.79 Å². The number of benzene rings is 2. The predicted octanol–water partition coefficient (Wildman–Crippen LogP) is 5.15. The third-order valence-electron chi connectivity index (χ3n) is 5.41. The predicted molar refractivity (Wildman–Crippen MR) is 120 cm³/mol. The molecule has 1 fully saturated rings. The number of carbonyl (C=O) groups is 1. The normalized spacial score (nSPS) is 15.8. The van der Waals surface area contributed by atoms with Gasteiger partial charge in [0.05, 0.1) is 29.6 Å². The Morgan fingerprint density at radius 2 is 1.97 bits per heavy atom. The average molecular weight is 440 g/mol. The van der Waals surface area contributed by atoms with Crippen molar-refractivity contribution in [2.24, 2.45) is 0 Å². The van der Waals surface area contributed by atoms with Crippen molar-refractivity contribution in [3.05, 3.63) is 70.9 Å². The Kier molecular flexibility index (Phi) is 6.59. The maximum Gasteiger partial charge on any atom is 0.227 e. The van der Waals surface area contributed by atoms with Crippen LogP contribution in [-0.4, -0.2) is 39.8 Å². The van der Waals surface area contributed by atoms with Crippen molar-refractivity contribution < 1.29 is 14.3 Å². The molecule has 6 nitrogen and oxygen atoms in total. The van der Waals surface area contributed by atoms with Crippen molar-refractivity contribution in [2.75, 3.05) is 13.2 Å². The van der Waals surface area contributed by atoms with Gasteiger partial charge < -0.3 is 14.4 Å². The lowest BCUT2D eigenvalue weighted by atomic mass is 10.2. The zero-order valence-corrected chi connectivity index (χ0v) is 18.5. The minimum Gasteiger partial charge on any atom is -0.439 e. The number of aromatic nitrogens is 2. The summed E-state index contributed by atoms with van der Waals surface area (Å²) in [6, 6.07) is 17.0. The third-order valence-corrected chi connectivity index (χ3v) is 5.66. The first-order valence-electron chi connectivity index (χ1n) is 10.5. The molecule has 1 aliphatic heterocycles. The van der Waals surface area contributed by atoms with E-state index in [-0.39, 0.29) is 12.0 Å². The van der Waals surface area contributed by atoms with Crippen LogP contribution in [0.2, 0.25) is 5.02 Å². The van der Waals surface area contributed by atoms with E-state index < -0.39 is 0 Å². The molecule has 31 heavy (non-hydrogen) atoms. The van der Waals surface area contributed by atoms with Crippen molar-refractivity contribution in [3.63, 3.8) is 0 Å². The molecule has 1 amide bonds. The van der Waals surface area contributed by atoms with Gasteiger partial charge in [0, 0.05) is 25.1 Å². The molecule has 7 heteroatoms. The first kappa shape index (κ1) is 21.4. The Hall–Kier alpha value is -2.83. The van der Waals surface area contributed by atoms with Crippen LogP contribution in [0.5, 0.6) is 11.6 Å². The van der Waals surface area contributed by atoms with Gasteiger partial charge in [-0.15, -0.1) is 0 Å². The molecular formula is C24H26ClN3O3. The standard InChI is InChI=1S/C24H26ClN3O3/c1-17-23(16-27(18(2)29)15-22-9-6-14-30-22)24(31-21-7-4-3-5-8-21)28(26-17)20-12-10-19(25)11-13-20/h3-5,7-8,10-13,22H,6,9,14-16H2,1-2H3/t22-/m1/s1.